The molecule has 1 N–H and O–H groups in total. The summed E-state index contributed by atoms with van der Waals surface area (Å²) in [5.41, 5.74) is 1.78. The van der Waals surface area contributed by atoms with Crippen LogP contribution in [0.2, 0.25) is 0 Å². The second kappa shape index (κ2) is 8.94. The summed E-state index contributed by atoms with van der Waals surface area (Å²) in [6, 6.07) is 8.38. The average molecular weight is 439 g/mol. The number of amides is 1. The van der Waals surface area contributed by atoms with Crippen molar-refractivity contribution >= 4 is 34.0 Å². The molecular weight excluding hydrogens is 412 g/mol. The van der Waals surface area contributed by atoms with Gasteiger partial charge in [0.25, 0.3) is 0 Å². The minimum Gasteiger partial charge on any atom is -0.379 e. The van der Waals surface area contributed by atoms with E-state index in [1.165, 1.54) is 0 Å². The van der Waals surface area contributed by atoms with Gasteiger partial charge < -0.3 is 10.1 Å². The fourth-order valence-corrected chi connectivity index (χ4v) is 5.21. The number of rotatable bonds is 4. The molecule has 3 heterocycles. The van der Waals surface area contributed by atoms with Crippen molar-refractivity contribution in [1.29, 1.82) is 0 Å². The van der Waals surface area contributed by atoms with Crippen LogP contribution >= 0.6 is 11.3 Å². The van der Waals surface area contributed by atoms with Gasteiger partial charge in [-0.3, -0.25) is 9.69 Å². The summed E-state index contributed by atoms with van der Waals surface area (Å²) in [7, 11) is 0. The number of anilines is 1. The molecule has 0 atom stereocenters. The number of ether oxygens (including phenoxy) is 1. The normalized spacial score (nSPS) is 22.5. The topological polar surface area (TPSA) is 93.1 Å². The van der Waals surface area contributed by atoms with Crippen LogP contribution < -0.4 is 5.32 Å². The molecule has 1 amide bonds. The average Bonchev–Trinajstić information content (AvgIpc) is 3.25. The number of morpholine rings is 1. The lowest BCUT2D eigenvalue weighted by molar-refractivity contribution is -0.121. The Bertz CT molecular complexity index is 1070. The largest absolute Gasteiger partial charge is 0.379 e. The van der Waals surface area contributed by atoms with Crippen LogP contribution in [-0.4, -0.2) is 63.5 Å². The van der Waals surface area contributed by atoms with Gasteiger partial charge >= 0.3 is 0 Å². The highest BCUT2D eigenvalue weighted by molar-refractivity contribution is 7.14. The van der Waals surface area contributed by atoms with E-state index < -0.39 is 0 Å². The smallest absolute Gasteiger partial charge is 0.228 e. The third kappa shape index (κ3) is 4.58. The van der Waals surface area contributed by atoms with Gasteiger partial charge in [-0.25, -0.2) is 0 Å². The number of carbonyl (C=O) groups is 1. The number of aromatic nitrogens is 4. The molecule has 1 saturated carbocycles. The molecule has 9 heteroatoms. The third-order valence-electron chi connectivity index (χ3n) is 6.24. The summed E-state index contributed by atoms with van der Waals surface area (Å²) in [6.07, 6.45) is 3.95. The van der Waals surface area contributed by atoms with Gasteiger partial charge in [0.1, 0.15) is 10.0 Å². The van der Waals surface area contributed by atoms with Crippen LogP contribution in [0.4, 0.5) is 5.82 Å². The molecule has 0 radical (unpaired) electrons. The van der Waals surface area contributed by atoms with Crippen molar-refractivity contribution in [2.75, 3.05) is 31.6 Å². The maximum absolute atomic E-state index is 12.8. The summed E-state index contributed by atoms with van der Waals surface area (Å²) in [5, 5.41) is 22.5. The molecule has 8 nitrogen and oxygen atoms in total. The molecule has 2 fully saturated rings. The van der Waals surface area contributed by atoms with Crippen LogP contribution in [0, 0.1) is 12.8 Å². The highest BCUT2D eigenvalue weighted by Gasteiger charge is 2.30. The second-order valence-electron chi connectivity index (χ2n) is 8.27. The molecule has 2 aliphatic rings. The van der Waals surface area contributed by atoms with E-state index in [1.54, 1.807) is 11.3 Å². The summed E-state index contributed by atoms with van der Waals surface area (Å²) in [4.78, 5) is 15.4. The Kier molecular flexibility index (Phi) is 5.89. The van der Waals surface area contributed by atoms with Crippen LogP contribution in [0.3, 0.4) is 0 Å². The molecule has 5 rings (SSSR count). The van der Waals surface area contributed by atoms with E-state index in [4.69, 9.17) is 4.74 Å². The molecule has 1 aliphatic heterocycles. The highest BCUT2D eigenvalue weighted by atomic mass is 32.1. The monoisotopic (exact) mass is 438 g/mol. The summed E-state index contributed by atoms with van der Waals surface area (Å²) >= 11 is 1.55. The van der Waals surface area contributed by atoms with Crippen LogP contribution in [0.15, 0.2) is 24.3 Å². The maximum Gasteiger partial charge on any atom is 0.228 e. The molecule has 31 heavy (non-hydrogen) atoms. The van der Waals surface area contributed by atoms with Gasteiger partial charge in [-0.2, -0.15) is 0 Å². The lowest BCUT2D eigenvalue weighted by atomic mass is 9.84. The molecule has 1 aromatic carbocycles. The standard InChI is InChI=1S/C22H26N6O2S/c1-14-24-27-22(31-14)16-4-7-19-17(12-16)13-20(26-25-19)23-21(29)15-2-5-18(6-3-15)28-8-10-30-11-9-28/h4,7,12-13,15,18H,2-3,5-6,8-11H2,1H3,(H,23,26,29)/t15-,18-. The first-order valence-electron chi connectivity index (χ1n) is 10.9. The number of aryl methyl sites for hydroxylation is 1. The number of hydrogen-bond acceptors (Lipinski definition) is 8. The first-order chi connectivity index (χ1) is 15.2. The Morgan fingerprint density at radius 1 is 1.06 bits per heavy atom. The maximum atomic E-state index is 12.8. The Hall–Kier alpha value is -2.49. The molecular formula is C22H26N6O2S. The fraction of sp³-hybridized carbons (Fsp3) is 0.500. The van der Waals surface area contributed by atoms with E-state index in [0.717, 1.165) is 78.5 Å². The zero-order chi connectivity index (χ0) is 21.2. The van der Waals surface area contributed by atoms with Gasteiger partial charge in [0.15, 0.2) is 5.82 Å². The van der Waals surface area contributed by atoms with Crippen molar-refractivity contribution < 1.29 is 9.53 Å². The van der Waals surface area contributed by atoms with Crippen molar-refractivity contribution in [3.05, 3.63) is 29.3 Å². The Morgan fingerprint density at radius 2 is 1.87 bits per heavy atom. The van der Waals surface area contributed by atoms with E-state index in [1.807, 2.05) is 31.2 Å². The van der Waals surface area contributed by atoms with Gasteiger partial charge in [-0.1, -0.05) is 11.3 Å². The van der Waals surface area contributed by atoms with Gasteiger partial charge in [0, 0.05) is 36.0 Å². The van der Waals surface area contributed by atoms with Gasteiger partial charge in [0.05, 0.1) is 18.7 Å². The second-order valence-corrected chi connectivity index (χ2v) is 9.45. The van der Waals surface area contributed by atoms with Crippen molar-refractivity contribution in [3.63, 3.8) is 0 Å². The van der Waals surface area contributed by atoms with Gasteiger partial charge in [0.2, 0.25) is 5.91 Å². The number of hydrogen-bond donors (Lipinski definition) is 1. The molecule has 3 aromatic rings. The number of benzene rings is 1. The first-order valence-corrected chi connectivity index (χ1v) is 11.7. The minimum atomic E-state index is 0.0329. The van der Waals surface area contributed by atoms with E-state index in [0.29, 0.717) is 11.9 Å². The van der Waals surface area contributed by atoms with Crippen molar-refractivity contribution in [1.82, 2.24) is 25.3 Å². The number of carbonyl (C=O) groups excluding carboxylic acids is 1. The van der Waals surface area contributed by atoms with Crippen molar-refractivity contribution in [2.24, 2.45) is 5.92 Å². The van der Waals surface area contributed by atoms with E-state index in [9.17, 15) is 4.79 Å². The van der Waals surface area contributed by atoms with Crippen LogP contribution in [-0.2, 0) is 9.53 Å². The predicted molar refractivity (Wildman–Crippen MR) is 120 cm³/mol. The van der Waals surface area contributed by atoms with E-state index in [-0.39, 0.29) is 11.8 Å². The molecule has 1 aliphatic carbocycles. The fourth-order valence-electron chi connectivity index (χ4n) is 4.53. The van der Waals surface area contributed by atoms with E-state index >= 15 is 0 Å². The number of fused-ring (bicyclic) bond motifs is 1. The minimum absolute atomic E-state index is 0.0329. The Labute approximate surface area is 185 Å². The van der Waals surface area contributed by atoms with Gasteiger partial charge in [-0.15, -0.1) is 20.4 Å². The molecule has 0 bridgehead atoms. The number of nitrogens with one attached hydrogen (secondary N) is 1. The molecule has 2 aromatic heterocycles. The Morgan fingerprint density at radius 3 is 2.61 bits per heavy atom. The lowest BCUT2D eigenvalue weighted by Crippen LogP contribution is -2.45. The predicted octanol–water partition coefficient (Wildman–Crippen LogP) is 3.29. The summed E-state index contributed by atoms with van der Waals surface area (Å²) in [5.74, 6) is 0.578. The molecule has 162 valence electrons. The van der Waals surface area contributed by atoms with Crippen LogP contribution in [0.25, 0.3) is 21.5 Å². The van der Waals surface area contributed by atoms with Crippen LogP contribution in [0.1, 0.15) is 30.7 Å². The summed E-state index contributed by atoms with van der Waals surface area (Å²) < 4.78 is 5.46. The van der Waals surface area contributed by atoms with Crippen LogP contribution in [0.5, 0.6) is 0 Å². The quantitative estimate of drug-likeness (QED) is 0.668. The van der Waals surface area contributed by atoms with E-state index in [2.05, 4.69) is 30.6 Å². The summed E-state index contributed by atoms with van der Waals surface area (Å²) in [6.45, 7) is 5.60. The highest BCUT2D eigenvalue weighted by Crippen LogP contribution is 2.30. The first kappa shape index (κ1) is 20.4. The molecule has 0 unspecified atom stereocenters. The lowest BCUT2D eigenvalue weighted by Gasteiger charge is -2.38. The SMILES string of the molecule is Cc1nnc(-c2ccc3nnc(NC(=O)[C@H]4CC[C@H](N5CCOCC5)CC4)cc3c2)s1. The number of nitrogens with zero attached hydrogens (tertiary/aromatic N) is 5. The zero-order valence-electron chi connectivity index (χ0n) is 17.6. The van der Waals surface area contributed by atoms with Crippen molar-refractivity contribution in [3.8, 4) is 10.6 Å². The molecule has 0 spiro atoms. The molecule has 1 saturated heterocycles. The third-order valence-corrected chi connectivity index (χ3v) is 7.13. The van der Waals surface area contributed by atoms with Crippen molar-refractivity contribution in [2.45, 2.75) is 38.6 Å². The zero-order valence-corrected chi connectivity index (χ0v) is 18.4. The van der Waals surface area contributed by atoms with Gasteiger partial charge in [-0.05, 0) is 56.9 Å². The Balaban J connectivity index is 1.24.